The van der Waals surface area contributed by atoms with Crippen LogP contribution in [0.3, 0.4) is 0 Å². The molecule has 0 radical (unpaired) electrons. The van der Waals surface area contributed by atoms with Crippen LogP contribution in [0.1, 0.15) is 11.1 Å². The Morgan fingerprint density at radius 1 is 1.18 bits per heavy atom. The van der Waals surface area contributed by atoms with Crippen LogP contribution in [0.15, 0.2) is 47.4 Å². The molecule has 2 aromatic rings. The van der Waals surface area contributed by atoms with E-state index in [0.717, 1.165) is 5.56 Å². The van der Waals surface area contributed by atoms with Gasteiger partial charge in [0.1, 0.15) is 5.75 Å². The minimum atomic E-state index is -3.63. The predicted octanol–water partition coefficient (Wildman–Crippen LogP) is 2.21. The summed E-state index contributed by atoms with van der Waals surface area (Å²) in [5.41, 5.74) is 1.90. The third kappa shape index (κ3) is 4.70. The van der Waals surface area contributed by atoms with E-state index in [0.29, 0.717) is 43.3 Å². The zero-order valence-corrected chi connectivity index (χ0v) is 16.8. The highest BCUT2D eigenvalue weighted by atomic mass is 32.2. The number of amides is 1. The standard InChI is InChI=1S/C20H24N2O5S/c1-15-6-7-17(14-19(15)28(24,25)22-8-10-27-11-9-22)21-20(23)13-16-4-3-5-18(12-16)26-2/h3-7,12,14H,8-11,13H2,1-2H3,(H,21,23). The molecule has 0 aromatic heterocycles. The number of hydrogen-bond donors (Lipinski definition) is 1. The molecule has 3 rings (SSSR count). The van der Waals surface area contributed by atoms with Crippen molar-refractivity contribution >= 4 is 21.6 Å². The Morgan fingerprint density at radius 3 is 2.64 bits per heavy atom. The van der Waals surface area contributed by atoms with Gasteiger partial charge >= 0.3 is 0 Å². The summed E-state index contributed by atoms with van der Waals surface area (Å²) in [7, 11) is -2.06. The van der Waals surface area contributed by atoms with Gasteiger partial charge in [0, 0.05) is 18.8 Å². The van der Waals surface area contributed by atoms with Crippen molar-refractivity contribution < 1.29 is 22.7 Å². The summed E-state index contributed by atoms with van der Waals surface area (Å²) < 4.78 is 37.7. The second-order valence-electron chi connectivity index (χ2n) is 6.57. The molecule has 0 atom stereocenters. The first kappa shape index (κ1) is 20.3. The quantitative estimate of drug-likeness (QED) is 0.798. The topological polar surface area (TPSA) is 84.9 Å². The number of sulfonamides is 1. The van der Waals surface area contributed by atoms with Crippen LogP contribution in [0.5, 0.6) is 5.75 Å². The Bertz CT molecular complexity index is 953. The van der Waals surface area contributed by atoms with E-state index in [2.05, 4.69) is 5.32 Å². The lowest BCUT2D eigenvalue weighted by Gasteiger charge is -2.26. The molecule has 0 spiro atoms. The van der Waals surface area contributed by atoms with E-state index in [-0.39, 0.29) is 17.2 Å². The van der Waals surface area contributed by atoms with Crippen molar-refractivity contribution in [3.05, 3.63) is 53.6 Å². The fraction of sp³-hybridized carbons (Fsp3) is 0.350. The van der Waals surface area contributed by atoms with Crippen LogP contribution in [-0.2, 0) is 26.0 Å². The summed E-state index contributed by atoms with van der Waals surface area (Å²) in [5.74, 6) is 0.450. The molecule has 28 heavy (non-hydrogen) atoms. The summed E-state index contributed by atoms with van der Waals surface area (Å²) in [6.07, 6.45) is 0.163. The number of rotatable bonds is 6. The van der Waals surface area contributed by atoms with Crippen LogP contribution in [0.25, 0.3) is 0 Å². The van der Waals surface area contributed by atoms with Crippen LogP contribution in [0.2, 0.25) is 0 Å². The zero-order chi connectivity index (χ0) is 20.1. The van der Waals surface area contributed by atoms with Crippen molar-refractivity contribution in [1.29, 1.82) is 0 Å². The summed E-state index contributed by atoms with van der Waals surface area (Å²) in [5, 5.41) is 2.78. The molecule has 1 aliphatic rings. The van der Waals surface area contributed by atoms with Gasteiger partial charge in [0.15, 0.2) is 0 Å². The molecular weight excluding hydrogens is 380 g/mol. The number of nitrogens with one attached hydrogen (secondary N) is 1. The molecule has 1 fully saturated rings. The summed E-state index contributed by atoms with van der Waals surface area (Å²) in [4.78, 5) is 12.6. The smallest absolute Gasteiger partial charge is 0.243 e. The van der Waals surface area contributed by atoms with Gasteiger partial charge in [-0.05, 0) is 42.3 Å². The lowest BCUT2D eigenvalue weighted by molar-refractivity contribution is -0.115. The number of methoxy groups -OCH3 is 1. The third-order valence-electron chi connectivity index (χ3n) is 4.56. The summed E-state index contributed by atoms with van der Waals surface area (Å²) >= 11 is 0. The Morgan fingerprint density at radius 2 is 1.93 bits per heavy atom. The van der Waals surface area contributed by atoms with Gasteiger partial charge in [0.25, 0.3) is 0 Å². The molecule has 0 unspecified atom stereocenters. The Balaban J connectivity index is 1.76. The number of ether oxygens (including phenoxy) is 2. The van der Waals surface area contributed by atoms with Gasteiger partial charge in [-0.1, -0.05) is 18.2 Å². The van der Waals surface area contributed by atoms with Gasteiger partial charge in [-0.3, -0.25) is 4.79 Å². The normalized spacial score (nSPS) is 15.2. The SMILES string of the molecule is COc1cccc(CC(=O)Nc2ccc(C)c(S(=O)(=O)N3CCOCC3)c2)c1. The van der Waals surface area contributed by atoms with Gasteiger partial charge < -0.3 is 14.8 Å². The van der Waals surface area contributed by atoms with Gasteiger partial charge in [0.05, 0.1) is 31.6 Å². The Labute approximate surface area is 165 Å². The monoisotopic (exact) mass is 404 g/mol. The molecule has 1 N–H and O–H groups in total. The van der Waals surface area contributed by atoms with Gasteiger partial charge in [-0.2, -0.15) is 4.31 Å². The molecule has 2 aromatic carbocycles. The van der Waals surface area contributed by atoms with Crippen LogP contribution in [0, 0.1) is 6.92 Å². The van der Waals surface area contributed by atoms with E-state index in [4.69, 9.17) is 9.47 Å². The molecule has 0 aliphatic carbocycles. The number of nitrogens with zero attached hydrogens (tertiary/aromatic N) is 1. The molecule has 1 amide bonds. The van der Waals surface area contributed by atoms with E-state index in [1.807, 2.05) is 18.2 Å². The summed E-state index contributed by atoms with van der Waals surface area (Å²) in [6, 6.07) is 12.2. The number of hydrogen-bond acceptors (Lipinski definition) is 5. The fourth-order valence-corrected chi connectivity index (χ4v) is 4.71. The first-order chi connectivity index (χ1) is 13.4. The molecule has 8 heteroatoms. The lowest BCUT2D eigenvalue weighted by atomic mass is 10.1. The van der Waals surface area contributed by atoms with Crippen LogP contribution >= 0.6 is 0 Å². The summed E-state index contributed by atoms with van der Waals surface area (Å²) in [6.45, 7) is 3.17. The average molecular weight is 404 g/mol. The van der Waals surface area contributed by atoms with Crippen molar-refractivity contribution in [2.24, 2.45) is 0 Å². The first-order valence-electron chi connectivity index (χ1n) is 9.01. The molecule has 0 saturated carbocycles. The highest BCUT2D eigenvalue weighted by molar-refractivity contribution is 7.89. The first-order valence-corrected chi connectivity index (χ1v) is 10.5. The number of aryl methyl sites for hydroxylation is 1. The number of benzene rings is 2. The maximum Gasteiger partial charge on any atom is 0.243 e. The zero-order valence-electron chi connectivity index (χ0n) is 16.0. The van der Waals surface area contributed by atoms with E-state index in [9.17, 15) is 13.2 Å². The predicted molar refractivity (Wildman–Crippen MR) is 106 cm³/mol. The Kier molecular flexibility index (Phi) is 6.33. The van der Waals surface area contributed by atoms with Crippen molar-refractivity contribution in [1.82, 2.24) is 4.31 Å². The molecule has 150 valence electrons. The third-order valence-corrected chi connectivity index (χ3v) is 6.60. The highest BCUT2D eigenvalue weighted by Crippen LogP contribution is 2.24. The second-order valence-corrected chi connectivity index (χ2v) is 8.48. The van der Waals surface area contributed by atoms with E-state index >= 15 is 0 Å². The van der Waals surface area contributed by atoms with Crippen molar-refractivity contribution in [2.75, 3.05) is 38.7 Å². The van der Waals surface area contributed by atoms with Crippen molar-refractivity contribution in [2.45, 2.75) is 18.2 Å². The van der Waals surface area contributed by atoms with Gasteiger partial charge in [0.2, 0.25) is 15.9 Å². The number of carbonyl (C=O) groups excluding carboxylic acids is 1. The van der Waals surface area contributed by atoms with Crippen LogP contribution in [-0.4, -0.2) is 52.0 Å². The van der Waals surface area contributed by atoms with Crippen LogP contribution in [0.4, 0.5) is 5.69 Å². The number of carbonyl (C=O) groups is 1. The van der Waals surface area contributed by atoms with E-state index in [1.165, 1.54) is 10.4 Å². The van der Waals surface area contributed by atoms with Gasteiger partial charge in [-0.25, -0.2) is 8.42 Å². The molecule has 7 nitrogen and oxygen atoms in total. The minimum absolute atomic E-state index is 0.163. The van der Waals surface area contributed by atoms with E-state index in [1.54, 1.807) is 32.2 Å². The molecule has 1 saturated heterocycles. The number of morpholine rings is 1. The molecular formula is C20H24N2O5S. The second kappa shape index (κ2) is 8.72. The fourth-order valence-electron chi connectivity index (χ4n) is 3.05. The number of anilines is 1. The largest absolute Gasteiger partial charge is 0.497 e. The van der Waals surface area contributed by atoms with Crippen molar-refractivity contribution in [3.8, 4) is 5.75 Å². The maximum atomic E-state index is 13.0. The molecule has 1 heterocycles. The van der Waals surface area contributed by atoms with Gasteiger partial charge in [-0.15, -0.1) is 0 Å². The van der Waals surface area contributed by atoms with Crippen LogP contribution < -0.4 is 10.1 Å². The molecule has 1 aliphatic heterocycles. The van der Waals surface area contributed by atoms with E-state index < -0.39 is 10.0 Å². The lowest BCUT2D eigenvalue weighted by Crippen LogP contribution is -2.40. The maximum absolute atomic E-state index is 13.0. The van der Waals surface area contributed by atoms with Crippen molar-refractivity contribution in [3.63, 3.8) is 0 Å². The highest BCUT2D eigenvalue weighted by Gasteiger charge is 2.28. The average Bonchev–Trinajstić information content (AvgIpc) is 2.70. The Hall–Kier alpha value is -2.42. The minimum Gasteiger partial charge on any atom is -0.497 e. The molecule has 0 bridgehead atoms.